The van der Waals surface area contributed by atoms with E-state index in [-0.39, 0.29) is 18.4 Å². The maximum Gasteiger partial charge on any atom is 0.416 e. The average Bonchev–Trinajstić information content (AvgIpc) is 2.53. The Bertz CT molecular complexity index is 653. The van der Waals surface area contributed by atoms with Crippen LogP contribution in [0.3, 0.4) is 0 Å². The first kappa shape index (κ1) is 17.1. The lowest BCUT2D eigenvalue weighted by molar-refractivity contribution is -0.137. The lowest BCUT2D eigenvalue weighted by Gasteiger charge is -2.13. The Hall–Kier alpha value is -2.30. The SMILES string of the molecule is CC(CC(=O)NCc1cccc(C(F)(F)F)c1)c1ccccc1. The van der Waals surface area contributed by atoms with Crippen LogP contribution < -0.4 is 5.32 Å². The number of rotatable bonds is 5. The Morgan fingerprint density at radius 3 is 2.43 bits per heavy atom. The molecule has 2 nitrogen and oxygen atoms in total. The number of hydrogen-bond donors (Lipinski definition) is 1. The topological polar surface area (TPSA) is 29.1 Å². The molecule has 1 N–H and O–H groups in total. The Labute approximate surface area is 133 Å². The summed E-state index contributed by atoms with van der Waals surface area (Å²) in [7, 11) is 0. The molecule has 1 atom stereocenters. The third kappa shape index (κ3) is 5.13. The number of nitrogens with one attached hydrogen (secondary N) is 1. The molecule has 0 aliphatic heterocycles. The normalized spacial score (nSPS) is 12.7. The van der Waals surface area contributed by atoms with Crippen molar-refractivity contribution in [1.82, 2.24) is 5.32 Å². The van der Waals surface area contributed by atoms with E-state index in [2.05, 4.69) is 5.32 Å². The third-order valence-corrected chi connectivity index (χ3v) is 3.60. The fourth-order valence-corrected chi connectivity index (χ4v) is 2.31. The first-order valence-electron chi connectivity index (χ1n) is 7.34. The summed E-state index contributed by atoms with van der Waals surface area (Å²) in [5, 5.41) is 2.67. The molecule has 1 unspecified atom stereocenters. The third-order valence-electron chi connectivity index (χ3n) is 3.60. The van der Waals surface area contributed by atoms with Crippen LogP contribution in [-0.2, 0) is 17.5 Å². The molecule has 0 spiro atoms. The molecule has 2 rings (SSSR count). The summed E-state index contributed by atoms with van der Waals surface area (Å²) in [5.74, 6) is -0.128. The summed E-state index contributed by atoms with van der Waals surface area (Å²) < 4.78 is 37.9. The van der Waals surface area contributed by atoms with Crippen molar-refractivity contribution >= 4 is 5.91 Å². The molecule has 2 aromatic rings. The van der Waals surface area contributed by atoms with E-state index in [4.69, 9.17) is 0 Å². The van der Waals surface area contributed by atoms with E-state index < -0.39 is 11.7 Å². The van der Waals surface area contributed by atoms with Crippen LogP contribution in [0.1, 0.15) is 36.0 Å². The molecule has 23 heavy (non-hydrogen) atoms. The summed E-state index contributed by atoms with van der Waals surface area (Å²) in [5.41, 5.74) is 0.782. The van der Waals surface area contributed by atoms with Gasteiger partial charge in [-0.1, -0.05) is 49.4 Å². The fourth-order valence-electron chi connectivity index (χ4n) is 2.31. The molecule has 2 aromatic carbocycles. The number of carbonyl (C=O) groups is 1. The Kier molecular flexibility index (Phi) is 5.42. The quantitative estimate of drug-likeness (QED) is 0.862. The Morgan fingerprint density at radius 1 is 1.09 bits per heavy atom. The Morgan fingerprint density at radius 2 is 1.78 bits per heavy atom. The van der Waals surface area contributed by atoms with Gasteiger partial charge >= 0.3 is 6.18 Å². The summed E-state index contributed by atoms with van der Waals surface area (Å²) >= 11 is 0. The lowest BCUT2D eigenvalue weighted by Crippen LogP contribution is -2.24. The zero-order valence-electron chi connectivity index (χ0n) is 12.7. The van der Waals surface area contributed by atoms with Crippen LogP contribution in [0.25, 0.3) is 0 Å². The number of alkyl halides is 3. The summed E-state index contributed by atoms with van der Waals surface area (Å²) in [6, 6.07) is 14.6. The van der Waals surface area contributed by atoms with E-state index in [0.29, 0.717) is 12.0 Å². The van der Waals surface area contributed by atoms with Gasteiger partial charge in [-0.2, -0.15) is 13.2 Å². The maximum absolute atomic E-state index is 12.6. The van der Waals surface area contributed by atoms with Crippen molar-refractivity contribution in [3.8, 4) is 0 Å². The summed E-state index contributed by atoms with van der Waals surface area (Å²) in [6.45, 7) is 2.03. The second-order valence-corrected chi connectivity index (χ2v) is 5.49. The van der Waals surface area contributed by atoms with Crippen LogP contribution in [-0.4, -0.2) is 5.91 Å². The van der Waals surface area contributed by atoms with Gasteiger partial charge in [0.15, 0.2) is 0 Å². The minimum absolute atomic E-state index is 0.0534. The van der Waals surface area contributed by atoms with Gasteiger partial charge in [0.2, 0.25) is 5.91 Å². The van der Waals surface area contributed by atoms with Gasteiger partial charge in [0, 0.05) is 13.0 Å². The van der Waals surface area contributed by atoms with Gasteiger partial charge in [-0.3, -0.25) is 4.79 Å². The maximum atomic E-state index is 12.6. The van der Waals surface area contributed by atoms with Crippen LogP contribution in [0.15, 0.2) is 54.6 Å². The molecule has 0 aromatic heterocycles. The molecule has 122 valence electrons. The molecule has 0 saturated carbocycles. The van der Waals surface area contributed by atoms with Crippen molar-refractivity contribution in [2.75, 3.05) is 0 Å². The number of halogens is 3. The van der Waals surface area contributed by atoms with Crippen molar-refractivity contribution in [1.29, 1.82) is 0 Å². The number of benzene rings is 2. The molecule has 0 bridgehead atoms. The smallest absolute Gasteiger partial charge is 0.352 e. The second kappa shape index (κ2) is 7.31. The van der Waals surface area contributed by atoms with E-state index in [0.717, 1.165) is 17.7 Å². The highest BCUT2D eigenvalue weighted by molar-refractivity contribution is 5.76. The zero-order valence-corrected chi connectivity index (χ0v) is 12.7. The molecule has 0 aliphatic carbocycles. The van der Waals surface area contributed by atoms with Crippen molar-refractivity contribution in [3.05, 3.63) is 71.3 Å². The van der Waals surface area contributed by atoms with E-state index in [1.807, 2.05) is 37.3 Å². The van der Waals surface area contributed by atoms with Crippen molar-refractivity contribution in [3.63, 3.8) is 0 Å². The van der Waals surface area contributed by atoms with Gasteiger partial charge in [-0.05, 0) is 29.2 Å². The predicted molar refractivity (Wildman–Crippen MR) is 82.8 cm³/mol. The average molecular weight is 321 g/mol. The highest BCUT2D eigenvalue weighted by Crippen LogP contribution is 2.29. The van der Waals surface area contributed by atoms with Crippen LogP contribution in [0.2, 0.25) is 0 Å². The second-order valence-electron chi connectivity index (χ2n) is 5.49. The van der Waals surface area contributed by atoms with Crippen LogP contribution >= 0.6 is 0 Å². The lowest BCUT2D eigenvalue weighted by atomic mass is 9.97. The van der Waals surface area contributed by atoms with Crippen molar-refractivity contribution in [2.45, 2.75) is 32.0 Å². The first-order chi connectivity index (χ1) is 10.9. The standard InChI is InChI=1S/C18H18F3NO/c1-13(15-7-3-2-4-8-15)10-17(23)22-12-14-6-5-9-16(11-14)18(19,20)21/h2-9,11,13H,10,12H2,1H3,(H,22,23). The van der Waals surface area contributed by atoms with Gasteiger partial charge in [0.1, 0.15) is 0 Å². The van der Waals surface area contributed by atoms with Crippen LogP contribution in [0, 0.1) is 0 Å². The van der Waals surface area contributed by atoms with Crippen LogP contribution in [0.4, 0.5) is 13.2 Å². The van der Waals surface area contributed by atoms with Gasteiger partial charge in [0.25, 0.3) is 0 Å². The van der Waals surface area contributed by atoms with Crippen molar-refractivity contribution in [2.24, 2.45) is 0 Å². The first-order valence-corrected chi connectivity index (χ1v) is 7.34. The van der Waals surface area contributed by atoms with Gasteiger partial charge < -0.3 is 5.32 Å². The minimum Gasteiger partial charge on any atom is -0.352 e. The molecule has 0 fully saturated rings. The summed E-state index contributed by atoms with van der Waals surface area (Å²) in [4.78, 5) is 11.9. The Balaban J connectivity index is 1.90. The van der Waals surface area contributed by atoms with Gasteiger partial charge in [-0.25, -0.2) is 0 Å². The van der Waals surface area contributed by atoms with E-state index in [1.165, 1.54) is 6.07 Å². The summed E-state index contributed by atoms with van der Waals surface area (Å²) in [6.07, 6.45) is -4.08. The molecular weight excluding hydrogens is 303 g/mol. The molecule has 0 saturated heterocycles. The van der Waals surface area contributed by atoms with E-state index in [9.17, 15) is 18.0 Å². The largest absolute Gasteiger partial charge is 0.416 e. The molecule has 0 aliphatic rings. The number of carbonyl (C=O) groups excluding carboxylic acids is 1. The van der Waals surface area contributed by atoms with Crippen molar-refractivity contribution < 1.29 is 18.0 Å². The fraction of sp³-hybridized carbons (Fsp3) is 0.278. The minimum atomic E-state index is -4.37. The molecule has 1 amide bonds. The van der Waals surface area contributed by atoms with Gasteiger partial charge in [0.05, 0.1) is 5.56 Å². The zero-order chi connectivity index (χ0) is 16.9. The highest BCUT2D eigenvalue weighted by Gasteiger charge is 2.30. The number of amides is 1. The molecule has 0 radical (unpaired) electrons. The van der Waals surface area contributed by atoms with E-state index in [1.54, 1.807) is 6.07 Å². The highest BCUT2D eigenvalue weighted by atomic mass is 19.4. The number of hydrogen-bond acceptors (Lipinski definition) is 1. The molecule has 0 heterocycles. The van der Waals surface area contributed by atoms with Crippen LogP contribution in [0.5, 0.6) is 0 Å². The van der Waals surface area contributed by atoms with E-state index >= 15 is 0 Å². The molecule has 5 heteroatoms. The predicted octanol–water partition coefficient (Wildman–Crippen LogP) is 4.52. The molecular formula is C18H18F3NO. The monoisotopic (exact) mass is 321 g/mol. The van der Waals surface area contributed by atoms with Gasteiger partial charge in [-0.15, -0.1) is 0 Å².